The van der Waals surface area contributed by atoms with E-state index in [-0.39, 0.29) is 11.2 Å². The maximum absolute atomic E-state index is 13.2. The molecule has 0 aromatic heterocycles. The van der Waals surface area contributed by atoms with Gasteiger partial charge >= 0.3 is 0 Å². The molecule has 2 aliphatic rings. The van der Waals surface area contributed by atoms with Gasteiger partial charge in [0.05, 0.1) is 11.5 Å². The number of benzene rings is 1. The minimum absolute atomic E-state index is 0.203. The lowest BCUT2D eigenvalue weighted by molar-refractivity contribution is -0.132. The average Bonchev–Trinajstić information content (AvgIpc) is 2.57. The Labute approximate surface area is 127 Å². The number of Topliss-reactive ketones (excluding diaryl/α,β-unsaturated/α-hetero) is 1. The summed E-state index contributed by atoms with van der Waals surface area (Å²) in [4.78, 5) is 13.2. The minimum atomic E-state index is -0.402. The highest BCUT2D eigenvalue weighted by Crippen LogP contribution is 2.49. The second kappa shape index (κ2) is 6.02. The van der Waals surface area contributed by atoms with Gasteiger partial charge in [0.15, 0.2) is 5.78 Å². The van der Waals surface area contributed by atoms with Crippen LogP contribution in [0.4, 0.5) is 0 Å². The first-order valence-corrected chi connectivity index (χ1v) is 8.28. The molecule has 1 aromatic rings. The summed E-state index contributed by atoms with van der Waals surface area (Å²) < 4.78 is 0. The summed E-state index contributed by atoms with van der Waals surface area (Å²) in [6.07, 6.45) is 8.69. The van der Waals surface area contributed by atoms with E-state index < -0.39 is 5.92 Å². The van der Waals surface area contributed by atoms with Gasteiger partial charge in [-0.15, -0.1) is 0 Å². The molecule has 1 aromatic carbocycles. The third kappa shape index (κ3) is 2.39. The molecule has 0 bridgehead atoms. The van der Waals surface area contributed by atoms with E-state index in [0.717, 1.165) is 37.7 Å². The van der Waals surface area contributed by atoms with Crippen LogP contribution in [0.25, 0.3) is 0 Å². The molecule has 0 unspecified atom stereocenters. The lowest BCUT2D eigenvalue weighted by Crippen LogP contribution is -2.49. The fraction of sp³-hybridized carbons (Fsp3) is 0.579. The Morgan fingerprint density at radius 2 is 1.71 bits per heavy atom. The van der Waals surface area contributed by atoms with Crippen LogP contribution in [-0.4, -0.2) is 5.78 Å². The molecule has 0 aliphatic heterocycles. The highest BCUT2D eigenvalue weighted by Gasteiger charge is 2.50. The van der Waals surface area contributed by atoms with Crippen molar-refractivity contribution >= 4 is 5.78 Å². The molecule has 2 saturated carbocycles. The molecule has 21 heavy (non-hydrogen) atoms. The third-order valence-electron chi connectivity index (χ3n) is 5.57. The van der Waals surface area contributed by atoms with E-state index in [1.807, 2.05) is 18.2 Å². The zero-order chi connectivity index (χ0) is 14.7. The number of nitrogens with zero attached hydrogens (tertiary/aromatic N) is 1. The maximum atomic E-state index is 13.2. The molecular weight excluding hydrogens is 258 g/mol. The number of carbonyl (C=O) groups excluding carboxylic acids is 1. The predicted octanol–water partition coefficient (Wildman–Crippen LogP) is 4.40. The molecule has 0 saturated heterocycles. The summed E-state index contributed by atoms with van der Waals surface area (Å²) in [6, 6.07) is 12.5. The van der Waals surface area contributed by atoms with E-state index in [0.29, 0.717) is 5.92 Å². The van der Waals surface area contributed by atoms with E-state index in [2.05, 4.69) is 18.2 Å². The topological polar surface area (TPSA) is 40.9 Å². The first-order valence-electron chi connectivity index (χ1n) is 8.28. The van der Waals surface area contributed by atoms with Gasteiger partial charge in [0.1, 0.15) is 5.92 Å². The number of nitriles is 1. The van der Waals surface area contributed by atoms with Crippen LogP contribution in [0.3, 0.4) is 0 Å². The molecule has 0 spiro atoms. The molecule has 0 radical (unpaired) electrons. The van der Waals surface area contributed by atoms with Crippen LogP contribution in [0, 0.1) is 23.2 Å². The normalized spacial score (nSPS) is 30.8. The number of rotatable bonds is 2. The van der Waals surface area contributed by atoms with E-state index in [4.69, 9.17) is 0 Å². The third-order valence-corrected chi connectivity index (χ3v) is 5.57. The molecule has 2 aliphatic carbocycles. The Kier molecular flexibility index (Phi) is 4.10. The second-order valence-corrected chi connectivity index (χ2v) is 6.61. The van der Waals surface area contributed by atoms with Gasteiger partial charge < -0.3 is 0 Å². The number of hydrogen-bond acceptors (Lipinski definition) is 2. The molecule has 2 atom stereocenters. The van der Waals surface area contributed by atoms with Crippen molar-refractivity contribution in [3.63, 3.8) is 0 Å². The zero-order valence-corrected chi connectivity index (χ0v) is 12.6. The Hall–Kier alpha value is -1.62. The lowest BCUT2D eigenvalue weighted by atomic mass is 9.56. The molecule has 2 fully saturated rings. The van der Waals surface area contributed by atoms with E-state index in [1.165, 1.54) is 19.3 Å². The Morgan fingerprint density at radius 3 is 2.38 bits per heavy atom. The molecule has 0 amide bonds. The van der Waals surface area contributed by atoms with Gasteiger partial charge in [-0.3, -0.25) is 4.79 Å². The van der Waals surface area contributed by atoms with Gasteiger partial charge in [0.2, 0.25) is 0 Å². The van der Waals surface area contributed by atoms with Crippen molar-refractivity contribution in [3.05, 3.63) is 35.9 Å². The zero-order valence-electron chi connectivity index (χ0n) is 12.6. The monoisotopic (exact) mass is 281 g/mol. The van der Waals surface area contributed by atoms with E-state index in [1.54, 1.807) is 0 Å². The molecule has 0 N–H and O–H groups in total. The smallest absolute Gasteiger partial charge is 0.160 e. The SMILES string of the molecule is N#C[C@H]1CCC[C@@](c2ccccc2)(C2CCCCC2)C1=O. The predicted molar refractivity (Wildman–Crippen MR) is 82.7 cm³/mol. The van der Waals surface area contributed by atoms with Gasteiger partial charge in [0.25, 0.3) is 0 Å². The van der Waals surface area contributed by atoms with Crippen molar-refractivity contribution in [1.29, 1.82) is 5.26 Å². The van der Waals surface area contributed by atoms with Crippen LogP contribution in [0.1, 0.15) is 56.9 Å². The van der Waals surface area contributed by atoms with E-state index >= 15 is 0 Å². The highest BCUT2D eigenvalue weighted by molar-refractivity contribution is 5.94. The van der Waals surface area contributed by atoms with Crippen LogP contribution < -0.4 is 0 Å². The van der Waals surface area contributed by atoms with Crippen LogP contribution in [-0.2, 0) is 10.2 Å². The number of hydrogen-bond donors (Lipinski definition) is 0. The number of ketones is 1. The fourth-order valence-electron chi connectivity index (χ4n) is 4.53. The molecule has 2 heteroatoms. The molecule has 3 rings (SSSR count). The van der Waals surface area contributed by atoms with Gasteiger partial charge in [-0.25, -0.2) is 0 Å². The molecule has 0 heterocycles. The van der Waals surface area contributed by atoms with E-state index in [9.17, 15) is 10.1 Å². The van der Waals surface area contributed by atoms with Gasteiger partial charge in [-0.2, -0.15) is 5.26 Å². The lowest BCUT2D eigenvalue weighted by Gasteiger charge is -2.45. The first-order chi connectivity index (χ1) is 10.3. The molecular formula is C19H23NO. The Morgan fingerprint density at radius 1 is 1.00 bits per heavy atom. The largest absolute Gasteiger partial charge is 0.297 e. The second-order valence-electron chi connectivity index (χ2n) is 6.61. The van der Waals surface area contributed by atoms with Crippen molar-refractivity contribution in [2.75, 3.05) is 0 Å². The van der Waals surface area contributed by atoms with Crippen LogP contribution >= 0.6 is 0 Å². The Bertz CT molecular complexity index is 538. The molecule has 110 valence electrons. The standard InChI is InChI=1S/C19H23NO/c20-14-15-8-7-13-19(18(15)21,16-9-3-1-4-10-16)17-11-5-2-6-12-17/h1,3-4,9-10,15,17H,2,5-8,11-13H2/t15-,19-/m1/s1. The fourth-order valence-corrected chi connectivity index (χ4v) is 4.53. The average molecular weight is 281 g/mol. The minimum Gasteiger partial charge on any atom is -0.297 e. The van der Waals surface area contributed by atoms with Crippen molar-refractivity contribution in [2.24, 2.45) is 11.8 Å². The summed E-state index contributed by atoms with van der Waals surface area (Å²) in [5.41, 5.74) is 0.766. The quantitative estimate of drug-likeness (QED) is 0.806. The summed E-state index contributed by atoms with van der Waals surface area (Å²) in [5, 5.41) is 9.37. The van der Waals surface area contributed by atoms with Crippen molar-refractivity contribution in [2.45, 2.75) is 56.8 Å². The maximum Gasteiger partial charge on any atom is 0.160 e. The summed E-state index contributed by atoms with van der Waals surface area (Å²) in [5.74, 6) is 0.229. The number of carbonyl (C=O) groups is 1. The van der Waals surface area contributed by atoms with Crippen LogP contribution in [0.2, 0.25) is 0 Å². The van der Waals surface area contributed by atoms with Crippen LogP contribution in [0.15, 0.2) is 30.3 Å². The first kappa shape index (κ1) is 14.3. The Balaban J connectivity index is 2.06. The van der Waals surface area contributed by atoms with Crippen molar-refractivity contribution in [3.8, 4) is 6.07 Å². The van der Waals surface area contributed by atoms with Gasteiger partial charge in [-0.1, -0.05) is 56.0 Å². The van der Waals surface area contributed by atoms with Gasteiger partial charge in [-0.05, 0) is 37.2 Å². The summed E-state index contributed by atoms with van der Waals surface area (Å²) in [6.45, 7) is 0. The highest BCUT2D eigenvalue weighted by atomic mass is 16.1. The van der Waals surface area contributed by atoms with Crippen LogP contribution in [0.5, 0.6) is 0 Å². The van der Waals surface area contributed by atoms with Gasteiger partial charge in [0, 0.05) is 0 Å². The molecule has 2 nitrogen and oxygen atoms in total. The van der Waals surface area contributed by atoms with Crippen molar-refractivity contribution in [1.82, 2.24) is 0 Å². The summed E-state index contributed by atoms with van der Waals surface area (Å²) in [7, 11) is 0. The van der Waals surface area contributed by atoms with Crippen molar-refractivity contribution < 1.29 is 4.79 Å². The summed E-state index contributed by atoms with van der Waals surface area (Å²) >= 11 is 0.